The molecule has 1 aromatic carbocycles. The van der Waals surface area contributed by atoms with Gasteiger partial charge >= 0.3 is 0 Å². The normalized spacial score (nSPS) is 16.5. The van der Waals surface area contributed by atoms with Crippen LogP contribution in [0.4, 0.5) is 11.6 Å². The van der Waals surface area contributed by atoms with Crippen molar-refractivity contribution >= 4 is 17.5 Å². The number of carbonyl (C=O) groups is 1. The second-order valence-corrected chi connectivity index (χ2v) is 8.36. The molecule has 1 amide bonds. The fourth-order valence-corrected chi connectivity index (χ4v) is 3.81. The Morgan fingerprint density at radius 2 is 1.91 bits per heavy atom. The van der Waals surface area contributed by atoms with Crippen LogP contribution in [0.5, 0.6) is 0 Å². The maximum Gasteiger partial charge on any atom is 0.237 e. The zero-order valence-corrected chi connectivity index (χ0v) is 19.1. The van der Waals surface area contributed by atoms with Gasteiger partial charge in [-0.05, 0) is 37.6 Å². The van der Waals surface area contributed by atoms with Crippen molar-refractivity contribution in [3.63, 3.8) is 0 Å². The standard InChI is InChI=1S/C25H30N6O2/c1-19(2)31(16-20-7-4-3-5-8-20)24(32)18-30-13-14-33-23(17-30)22-10-9-21(15-28-22)29-25-26-11-6-12-27-25/h3-12,15,19,23H,13-14,16-18H2,1-2H3,(H,26,27,29). The molecule has 1 aliphatic heterocycles. The molecule has 1 N–H and O–H groups in total. The van der Waals surface area contributed by atoms with Crippen molar-refractivity contribution in [2.45, 2.75) is 32.5 Å². The maximum absolute atomic E-state index is 13.1. The van der Waals surface area contributed by atoms with E-state index in [1.165, 1.54) is 0 Å². The van der Waals surface area contributed by atoms with Gasteiger partial charge in [0.2, 0.25) is 11.9 Å². The van der Waals surface area contributed by atoms with Gasteiger partial charge in [0.25, 0.3) is 0 Å². The van der Waals surface area contributed by atoms with E-state index in [1.54, 1.807) is 24.7 Å². The highest BCUT2D eigenvalue weighted by molar-refractivity contribution is 5.78. The number of carbonyl (C=O) groups excluding carboxylic acids is 1. The third-order valence-corrected chi connectivity index (χ3v) is 5.59. The quantitative estimate of drug-likeness (QED) is 0.568. The molecule has 172 valence electrons. The molecule has 4 rings (SSSR count). The summed E-state index contributed by atoms with van der Waals surface area (Å²) in [5.41, 5.74) is 2.79. The Morgan fingerprint density at radius 1 is 1.12 bits per heavy atom. The van der Waals surface area contributed by atoms with E-state index in [2.05, 4.69) is 51.1 Å². The van der Waals surface area contributed by atoms with Crippen LogP contribution in [0, 0.1) is 0 Å². The molecule has 3 aromatic rings. The Balaban J connectivity index is 1.35. The fourth-order valence-electron chi connectivity index (χ4n) is 3.81. The van der Waals surface area contributed by atoms with Crippen molar-refractivity contribution in [2.24, 2.45) is 0 Å². The highest BCUT2D eigenvalue weighted by atomic mass is 16.5. The van der Waals surface area contributed by atoms with Gasteiger partial charge in [-0.3, -0.25) is 14.7 Å². The summed E-state index contributed by atoms with van der Waals surface area (Å²) in [6.45, 7) is 7.03. The number of aromatic nitrogens is 3. The van der Waals surface area contributed by atoms with E-state index in [1.807, 2.05) is 35.2 Å². The van der Waals surface area contributed by atoms with Crippen molar-refractivity contribution in [3.05, 3.63) is 78.4 Å². The van der Waals surface area contributed by atoms with E-state index in [0.29, 0.717) is 32.2 Å². The molecule has 0 radical (unpaired) electrons. The largest absolute Gasteiger partial charge is 0.369 e. The molecule has 1 aliphatic rings. The first kappa shape index (κ1) is 22.8. The van der Waals surface area contributed by atoms with E-state index < -0.39 is 0 Å². The highest BCUT2D eigenvalue weighted by Crippen LogP contribution is 2.22. The van der Waals surface area contributed by atoms with Crippen molar-refractivity contribution in [3.8, 4) is 0 Å². The summed E-state index contributed by atoms with van der Waals surface area (Å²) in [7, 11) is 0. The first-order valence-electron chi connectivity index (χ1n) is 11.3. The van der Waals surface area contributed by atoms with Crippen LogP contribution in [0.3, 0.4) is 0 Å². The Morgan fingerprint density at radius 3 is 2.61 bits per heavy atom. The summed E-state index contributed by atoms with van der Waals surface area (Å²) >= 11 is 0. The minimum atomic E-state index is -0.171. The molecule has 1 unspecified atom stereocenters. The van der Waals surface area contributed by atoms with E-state index in [9.17, 15) is 4.79 Å². The monoisotopic (exact) mass is 446 g/mol. The first-order chi connectivity index (χ1) is 16.1. The van der Waals surface area contributed by atoms with Crippen LogP contribution in [0.15, 0.2) is 67.1 Å². The number of nitrogens with one attached hydrogen (secondary N) is 1. The third kappa shape index (κ3) is 6.34. The van der Waals surface area contributed by atoms with Gasteiger partial charge in [0.1, 0.15) is 6.10 Å². The molecular formula is C25H30N6O2. The number of benzene rings is 1. The van der Waals surface area contributed by atoms with E-state index >= 15 is 0 Å². The topological polar surface area (TPSA) is 83.5 Å². The number of hydrogen-bond donors (Lipinski definition) is 1. The fraction of sp³-hybridized carbons (Fsp3) is 0.360. The smallest absolute Gasteiger partial charge is 0.237 e. The lowest BCUT2D eigenvalue weighted by molar-refractivity contribution is -0.136. The lowest BCUT2D eigenvalue weighted by Gasteiger charge is -2.35. The van der Waals surface area contributed by atoms with Crippen LogP contribution in [-0.2, 0) is 16.1 Å². The van der Waals surface area contributed by atoms with E-state index in [4.69, 9.17) is 4.74 Å². The van der Waals surface area contributed by atoms with Crippen molar-refractivity contribution in [2.75, 3.05) is 31.6 Å². The van der Waals surface area contributed by atoms with Crippen LogP contribution in [-0.4, -0.2) is 62.9 Å². The van der Waals surface area contributed by atoms with Crippen molar-refractivity contribution in [1.82, 2.24) is 24.8 Å². The molecule has 1 atom stereocenters. The van der Waals surface area contributed by atoms with Crippen LogP contribution in [0.1, 0.15) is 31.2 Å². The molecular weight excluding hydrogens is 416 g/mol. The lowest BCUT2D eigenvalue weighted by atomic mass is 10.1. The minimum Gasteiger partial charge on any atom is -0.369 e. The van der Waals surface area contributed by atoms with Crippen LogP contribution in [0.25, 0.3) is 0 Å². The van der Waals surface area contributed by atoms with Gasteiger partial charge in [-0.2, -0.15) is 0 Å². The van der Waals surface area contributed by atoms with Gasteiger partial charge in [0, 0.05) is 38.1 Å². The molecule has 0 aliphatic carbocycles. The van der Waals surface area contributed by atoms with E-state index in [-0.39, 0.29) is 18.1 Å². The van der Waals surface area contributed by atoms with Gasteiger partial charge in [0.05, 0.1) is 30.7 Å². The zero-order chi connectivity index (χ0) is 23.0. The number of rotatable bonds is 8. The van der Waals surface area contributed by atoms with Crippen LogP contribution >= 0.6 is 0 Å². The van der Waals surface area contributed by atoms with Gasteiger partial charge in [0.15, 0.2) is 0 Å². The van der Waals surface area contributed by atoms with Crippen molar-refractivity contribution in [1.29, 1.82) is 0 Å². The number of nitrogens with zero attached hydrogens (tertiary/aromatic N) is 5. The average molecular weight is 447 g/mol. The number of hydrogen-bond acceptors (Lipinski definition) is 7. The Bertz CT molecular complexity index is 1010. The summed E-state index contributed by atoms with van der Waals surface area (Å²) in [6.07, 6.45) is 4.95. The molecule has 1 saturated heterocycles. The summed E-state index contributed by atoms with van der Waals surface area (Å²) in [5.74, 6) is 0.653. The molecule has 0 saturated carbocycles. The predicted octanol–water partition coefficient (Wildman–Crippen LogP) is 3.43. The number of morpholine rings is 1. The molecule has 0 spiro atoms. The molecule has 8 heteroatoms. The molecule has 1 fully saturated rings. The third-order valence-electron chi connectivity index (χ3n) is 5.59. The summed E-state index contributed by atoms with van der Waals surface area (Å²) in [5, 5.41) is 3.13. The average Bonchev–Trinajstić information content (AvgIpc) is 2.84. The summed E-state index contributed by atoms with van der Waals surface area (Å²) < 4.78 is 5.96. The molecule has 0 bridgehead atoms. The number of amides is 1. The second-order valence-electron chi connectivity index (χ2n) is 8.36. The molecule has 33 heavy (non-hydrogen) atoms. The number of ether oxygens (including phenoxy) is 1. The van der Waals surface area contributed by atoms with Crippen LogP contribution in [0.2, 0.25) is 0 Å². The molecule has 3 heterocycles. The van der Waals surface area contributed by atoms with Gasteiger partial charge < -0.3 is 15.0 Å². The summed E-state index contributed by atoms with van der Waals surface area (Å²) in [4.78, 5) is 30.1. The van der Waals surface area contributed by atoms with Gasteiger partial charge in [-0.25, -0.2) is 9.97 Å². The predicted molar refractivity (Wildman–Crippen MR) is 127 cm³/mol. The first-order valence-corrected chi connectivity index (χ1v) is 11.3. The van der Waals surface area contributed by atoms with Gasteiger partial charge in [-0.1, -0.05) is 30.3 Å². The number of pyridine rings is 1. The SMILES string of the molecule is CC(C)N(Cc1ccccc1)C(=O)CN1CCOC(c2ccc(Nc3ncccn3)cn2)C1. The van der Waals surface area contributed by atoms with Crippen molar-refractivity contribution < 1.29 is 9.53 Å². The lowest BCUT2D eigenvalue weighted by Crippen LogP contribution is -2.47. The highest BCUT2D eigenvalue weighted by Gasteiger charge is 2.27. The van der Waals surface area contributed by atoms with Crippen LogP contribution < -0.4 is 5.32 Å². The Kier molecular flexibility index (Phi) is 7.59. The van der Waals surface area contributed by atoms with E-state index in [0.717, 1.165) is 23.5 Å². The summed E-state index contributed by atoms with van der Waals surface area (Å²) in [6, 6.07) is 15.9. The second kappa shape index (κ2) is 11.0. The Labute approximate surface area is 194 Å². The van der Waals surface area contributed by atoms with Gasteiger partial charge in [-0.15, -0.1) is 0 Å². The molecule has 8 nitrogen and oxygen atoms in total. The Hall–Kier alpha value is -3.36. The zero-order valence-electron chi connectivity index (χ0n) is 19.1. The number of anilines is 2. The maximum atomic E-state index is 13.1. The minimum absolute atomic E-state index is 0.129. The molecule has 2 aromatic heterocycles.